The van der Waals surface area contributed by atoms with Gasteiger partial charge in [0.15, 0.2) is 0 Å². The molecule has 1 N–H and O–H groups in total. The van der Waals surface area contributed by atoms with Crippen LogP contribution in [0.5, 0.6) is 0 Å². The summed E-state index contributed by atoms with van der Waals surface area (Å²) in [6.07, 6.45) is 1.62. The molecule has 0 spiro atoms. The average Bonchev–Trinajstić information content (AvgIpc) is 2.89. The number of hydrogen-bond acceptors (Lipinski definition) is 4. The van der Waals surface area contributed by atoms with Crippen LogP contribution in [-0.4, -0.2) is 28.0 Å². The Morgan fingerprint density at radius 3 is 2.48 bits per heavy atom. The molecule has 4 rings (SSSR count). The largest absolute Gasteiger partial charge is 0.446 e. The second kappa shape index (κ2) is 7.52. The molecule has 3 amide bonds. The van der Waals surface area contributed by atoms with Crippen molar-refractivity contribution in [3.63, 3.8) is 0 Å². The van der Waals surface area contributed by atoms with Gasteiger partial charge < -0.3 is 5.32 Å². The number of nitrogens with one attached hydrogen (secondary N) is 1. The van der Waals surface area contributed by atoms with E-state index in [0.29, 0.717) is 16.5 Å². The molecule has 0 saturated carbocycles. The van der Waals surface area contributed by atoms with E-state index in [0.717, 1.165) is 4.90 Å². The van der Waals surface area contributed by atoms with Gasteiger partial charge in [0.1, 0.15) is 11.4 Å². The average molecular weight is 449 g/mol. The predicted octanol–water partition coefficient (Wildman–Crippen LogP) is 5.04. The van der Waals surface area contributed by atoms with Crippen molar-refractivity contribution in [3.05, 3.63) is 66.1 Å². The van der Waals surface area contributed by atoms with E-state index in [4.69, 9.17) is 0 Å². The van der Waals surface area contributed by atoms with E-state index in [2.05, 4.69) is 10.3 Å². The van der Waals surface area contributed by atoms with E-state index in [1.165, 1.54) is 42.6 Å². The van der Waals surface area contributed by atoms with Crippen LogP contribution in [0.4, 0.5) is 28.0 Å². The zero-order valence-corrected chi connectivity index (χ0v) is 16.9. The van der Waals surface area contributed by atoms with Gasteiger partial charge in [0, 0.05) is 29.0 Å². The summed E-state index contributed by atoms with van der Waals surface area (Å²) >= 11 is -0.279. The van der Waals surface area contributed by atoms with Gasteiger partial charge in [-0.3, -0.25) is 9.78 Å². The van der Waals surface area contributed by atoms with Gasteiger partial charge in [0.25, 0.3) is 5.91 Å². The molecule has 2 heterocycles. The highest BCUT2D eigenvalue weighted by Crippen LogP contribution is 2.38. The Bertz CT molecular complexity index is 1180. The Morgan fingerprint density at radius 2 is 1.81 bits per heavy atom. The Labute approximate surface area is 178 Å². The lowest BCUT2D eigenvalue weighted by Crippen LogP contribution is -2.46. The molecule has 1 aliphatic heterocycles. The number of thioether (sulfide) groups is 1. The van der Waals surface area contributed by atoms with E-state index in [9.17, 15) is 27.2 Å². The van der Waals surface area contributed by atoms with Crippen LogP contribution in [0, 0.1) is 5.82 Å². The number of carbonyl (C=O) groups is 2. The van der Waals surface area contributed by atoms with Gasteiger partial charge in [-0.05, 0) is 66.7 Å². The topological polar surface area (TPSA) is 62.3 Å². The summed E-state index contributed by atoms with van der Waals surface area (Å²) in [5, 5.41) is 3.32. The third kappa shape index (κ3) is 4.20. The summed E-state index contributed by atoms with van der Waals surface area (Å²) in [7, 11) is 0. The van der Waals surface area contributed by atoms with Gasteiger partial charge >= 0.3 is 11.5 Å². The molecule has 1 atom stereocenters. The number of anilines is 1. The molecular formula is C21H15F4N3O2S. The summed E-state index contributed by atoms with van der Waals surface area (Å²) in [6, 6.07) is 10.1. The zero-order chi connectivity index (χ0) is 22.4. The van der Waals surface area contributed by atoms with Crippen LogP contribution in [0.1, 0.15) is 12.5 Å². The molecule has 1 aliphatic rings. The fourth-order valence-electron chi connectivity index (χ4n) is 3.55. The summed E-state index contributed by atoms with van der Waals surface area (Å²) in [5.41, 5.74) is -4.44. The summed E-state index contributed by atoms with van der Waals surface area (Å²) in [4.78, 5) is 30.7. The first-order chi connectivity index (χ1) is 14.6. The van der Waals surface area contributed by atoms with Crippen molar-refractivity contribution in [1.29, 1.82) is 0 Å². The molecule has 1 fully saturated rings. The van der Waals surface area contributed by atoms with Crippen molar-refractivity contribution >= 4 is 40.3 Å². The molecule has 1 aromatic heterocycles. The number of rotatable bonds is 4. The molecule has 2 aromatic carbocycles. The number of pyridine rings is 1. The fraction of sp³-hybridized carbons (Fsp3) is 0.190. The number of amides is 3. The number of imide groups is 1. The van der Waals surface area contributed by atoms with E-state index in [1.54, 1.807) is 19.1 Å². The highest BCUT2D eigenvalue weighted by atomic mass is 32.2. The number of benzene rings is 2. The number of urea groups is 1. The van der Waals surface area contributed by atoms with Crippen molar-refractivity contribution in [2.45, 2.75) is 29.3 Å². The van der Waals surface area contributed by atoms with E-state index < -0.39 is 28.8 Å². The van der Waals surface area contributed by atoms with Crippen molar-refractivity contribution in [2.75, 3.05) is 4.90 Å². The molecule has 160 valence electrons. The molecule has 31 heavy (non-hydrogen) atoms. The van der Waals surface area contributed by atoms with Gasteiger partial charge in [-0.25, -0.2) is 14.1 Å². The second-order valence-corrected chi connectivity index (χ2v) is 8.39. The van der Waals surface area contributed by atoms with Crippen molar-refractivity contribution in [3.8, 4) is 0 Å². The fourth-order valence-corrected chi connectivity index (χ4v) is 4.09. The Kier molecular flexibility index (Phi) is 5.12. The number of carbonyl (C=O) groups excluding carboxylic acids is 2. The van der Waals surface area contributed by atoms with Crippen molar-refractivity contribution in [2.24, 2.45) is 0 Å². The molecule has 10 heteroatoms. The zero-order valence-electron chi connectivity index (χ0n) is 16.0. The van der Waals surface area contributed by atoms with E-state index >= 15 is 0 Å². The third-order valence-corrected chi connectivity index (χ3v) is 5.67. The van der Waals surface area contributed by atoms with Gasteiger partial charge in [-0.2, -0.15) is 13.2 Å². The number of aromatic nitrogens is 1. The molecule has 5 nitrogen and oxygen atoms in total. The Balaban J connectivity index is 1.61. The van der Waals surface area contributed by atoms with Crippen LogP contribution in [0.2, 0.25) is 0 Å². The van der Waals surface area contributed by atoms with Gasteiger partial charge in [-0.1, -0.05) is 0 Å². The van der Waals surface area contributed by atoms with Gasteiger partial charge in [-0.15, -0.1) is 0 Å². The van der Waals surface area contributed by atoms with E-state index in [-0.39, 0.29) is 28.8 Å². The molecule has 0 radical (unpaired) electrons. The Hall–Kier alpha value is -3.14. The molecule has 3 aromatic rings. The lowest BCUT2D eigenvalue weighted by Gasteiger charge is -2.22. The molecule has 1 unspecified atom stereocenters. The first kappa shape index (κ1) is 21.1. The smallest absolute Gasteiger partial charge is 0.323 e. The maximum absolute atomic E-state index is 13.5. The standard InChI is InChI=1S/C21H15F4N3O2S/c1-20(11-12-8-9-26-17-10-13(22)2-7-16(12)17)18(29)28(19(30)27-20)14-3-5-15(6-4-14)31-21(23,24)25/h2-10H,11H2,1H3,(H,27,30). The number of fused-ring (bicyclic) bond motifs is 1. The summed E-state index contributed by atoms with van der Waals surface area (Å²) < 4.78 is 51.1. The number of halogens is 4. The number of hydrogen-bond donors (Lipinski definition) is 1. The first-order valence-electron chi connectivity index (χ1n) is 9.11. The van der Waals surface area contributed by atoms with Gasteiger partial charge in [0.05, 0.1) is 11.2 Å². The van der Waals surface area contributed by atoms with Crippen LogP contribution in [0.15, 0.2) is 59.6 Å². The van der Waals surface area contributed by atoms with Crippen LogP contribution in [0.25, 0.3) is 10.9 Å². The molecule has 0 bridgehead atoms. The van der Waals surface area contributed by atoms with Crippen molar-refractivity contribution in [1.82, 2.24) is 10.3 Å². The molecule has 1 saturated heterocycles. The monoisotopic (exact) mass is 449 g/mol. The maximum atomic E-state index is 13.5. The summed E-state index contributed by atoms with van der Waals surface area (Å²) in [6.45, 7) is 1.57. The second-order valence-electron chi connectivity index (χ2n) is 7.25. The van der Waals surface area contributed by atoms with Crippen LogP contribution >= 0.6 is 11.8 Å². The third-order valence-electron chi connectivity index (χ3n) is 4.93. The minimum absolute atomic E-state index is 0.0541. The number of nitrogens with zero attached hydrogens (tertiary/aromatic N) is 2. The molecular weight excluding hydrogens is 434 g/mol. The summed E-state index contributed by atoms with van der Waals surface area (Å²) in [5.74, 6) is -0.979. The number of alkyl halides is 3. The quantitative estimate of drug-likeness (QED) is 0.344. The lowest BCUT2D eigenvalue weighted by molar-refractivity contribution is -0.121. The lowest BCUT2D eigenvalue weighted by atomic mass is 9.91. The van der Waals surface area contributed by atoms with Crippen LogP contribution < -0.4 is 10.2 Å². The maximum Gasteiger partial charge on any atom is 0.446 e. The normalized spacial score (nSPS) is 19.2. The predicted molar refractivity (Wildman–Crippen MR) is 108 cm³/mol. The molecule has 0 aliphatic carbocycles. The highest BCUT2D eigenvalue weighted by Gasteiger charge is 2.48. The first-order valence-corrected chi connectivity index (χ1v) is 9.93. The highest BCUT2D eigenvalue weighted by molar-refractivity contribution is 8.00. The van der Waals surface area contributed by atoms with Crippen LogP contribution in [0.3, 0.4) is 0 Å². The Morgan fingerprint density at radius 1 is 1.10 bits per heavy atom. The van der Waals surface area contributed by atoms with Gasteiger partial charge in [0.2, 0.25) is 0 Å². The minimum atomic E-state index is -4.43. The minimum Gasteiger partial charge on any atom is -0.323 e. The van der Waals surface area contributed by atoms with Crippen LogP contribution in [-0.2, 0) is 11.2 Å². The SMILES string of the molecule is CC1(Cc2ccnc3cc(F)ccc23)NC(=O)N(c2ccc(SC(F)(F)F)cc2)C1=O. The van der Waals surface area contributed by atoms with E-state index in [1.807, 2.05) is 0 Å². The van der Waals surface area contributed by atoms with Crippen molar-refractivity contribution < 1.29 is 27.2 Å².